The third-order valence-electron chi connectivity index (χ3n) is 5.59. The molecule has 3 heterocycles. The van der Waals surface area contributed by atoms with Crippen LogP contribution < -0.4 is 15.4 Å². The summed E-state index contributed by atoms with van der Waals surface area (Å²) in [6, 6.07) is 11.2. The fourth-order valence-electron chi connectivity index (χ4n) is 3.81. The van der Waals surface area contributed by atoms with Gasteiger partial charge in [0.05, 0.1) is 19.9 Å². The molecule has 0 aliphatic carbocycles. The molecule has 3 aliphatic rings. The van der Waals surface area contributed by atoms with Crippen molar-refractivity contribution in [2.75, 3.05) is 20.7 Å². The minimum absolute atomic E-state index is 0.0777. The Kier molecular flexibility index (Phi) is 8.72. The van der Waals surface area contributed by atoms with Gasteiger partial charge in [-0.3, -0.25) is 19.9 Å². The van der Waals surface area contributed by atoms with Crippen LogP contribution >= 0.6 is 0 Å². The van der Waals surface area contributed by atoms with Crippen molar-refractivity contribution in [3.63, 3.8) is 0 Å². The van der Waals surface area contributed by atoms with Crippen LogP contribution in [0.4, 0.5) is 9.18 Å². The maximum absolute atomic E-state index is 13.9. The molecule has 0 saturated carbocycles. The van der Waals surface area contributed by atoms with Crippen LogP contribution in [0.3, 0.4) is 0 Å². The molecule has 188 valence electrons. The average Bonchev–Trinajstić information content (AvgIpc) is 3.28. The quantitative estimate of drug-likeness (QED) is 0.628. The summed E-state index contributed by atoms with van der Waals surface area (Å²) in [6.07, 6.45) is 4.66. The number of hydrogen-bond acceptors (Lipinski definition) is 5. The van der Waals surface area contributed by atoms with Crippen LogP contribution in [0.1, 0.15) is 46.9 Å². The number of imide groups is 1. The number of hydrogen-bond donors (Lipinski definition) is 2. The van der Waals surface area contributed by atoms with E-state index in [0.29, 0.717) is 29.8 Å². The van der Waals surface area contributed by atoms with Gasteiger partial charge in [0, 0.05) is 24.7 Å². The molecule has 0 spiro atoms. The largest absolute Gasteiger partial charge is 0.497 e. The van der Waals surface area contributed by atoms with Crippen molar-refractivity contribution in [3.8, 4) is 5.75 Å². The molecule has 0 aromatic heterocycles. The van der Waals surface area contributed by atoms with Gasteiger partial charge in [0.15, 0.2) is 0 Å². The van der Waals surface area contributed by atoms with Crippen molar-refractivity contribution in [1.82, 2.24) is 15.5 Å². The molecule has 4 amide bonds. The van der Waals surface area contributed by atoms with Crippen LogP contribution in [0.15, 0.2) is 65.4 Å². The molecule has 9 heteroatoms. The highest BCUT2D eigenvalue weighted by Gasteiger charge is 2.30. The Morgan fingerprint density at radius 3 is 2.44 bits per heavy atom. The summed E-state index contributed by atoms with van der Waals surface area (Å²) >= 11 is 0. The van der Waals surface area contributed by atoms with Crippen molar-refractivity contribution in [1.29, 1.82) is 0 Å². The predicted octanol–water partition coefficient (Wildman–Crippen LogP) is 4.20. The van der Waals surface area contributed by atoms with Gasteiger partial charge in [-0.15, -0.1) is 0 Å². The van der Waals surface area contributed by atoms with Crippen LogP contribution in [0.2, 0.25) is 0 Å². The van der Waals surface area contributed by atoms with E-state index < -0.39 is 17.9 Å². The van der Waals surface area contributed by atoms with E-state index in [1.165, 1.54) is 6.21 Å². The number of methoxy groups -OCH3 is 1. The Morgan fingerprint density at radius 2 is 1.81 bits per heavy atom. The van der Waals surface area contributed by atoms with Crippen LogP contribution in [-0.4, -0.2) is 49.7 Å². The van der Waals surface area contributed by atoms with Gasteiger partial charge in [-0.1, -0.05) is 56.3 Å². The zero-order valence-corrected chi connectivity index (χ0v) is 20.7. The fourth-order valence-corrected chi connectivity index (χ4v) is 3.81. The molecule has 36 heavy (non-hydrogen) atoms. The number of carbonyl (C=O) groups is 3. The maximum atomic E-state index is 13.9. The van der Waals surface area contributed by atoms with Crippen molar-refractivity contribution >= 4 is 29.6 Å². The summed E-state index contributed by atoms with van der Waals surface area (Å²) in [6.45, 7) is 5.15. The lowest BCUT2D eigenvalue weighted by Gasteiger charge is -2.09. The standard InChI is InChI=1S/C15H12FN3O2.C10H11NO2.C2H6/c16-12-8-17-7-1-2-11(12)9-3-5-10(6-4-9)13-14(20)19-15(21)18-13;1-11-6-7-3-4-8(13-2)5-9(7)10(11)12;1-2/h1-6,8,13H,7H2,(H2,18,19,20,21);3-5H,6H2,1-2H3;1-2H3. The number of nitrogens with zero attached hydrogens (tertiary/aromatic N) is 2. The van der Waals surface area contributed by atoms with Gasteiger partial charge in [0.1, 0.15) is 17.6 Å². The Hall–Kier alpha value is -4.27. The second-order valence-corrected chi connectivity index (χ2v) is 7.86. The second kappa shape index (κ2) is 11.9. The summed E-state index contributed by atoms with van der Waals surface area (Å²) < 4.78 is 18.9. The Morgan fingerprint density at radius 1 is 1.08 bits per heavy atom. The van der Waals surface area contributed by atoms with Gasteiger partial charge >= 0.3 is 6.03 Å². The first-order chi connectivity index (χ1) is 17.4. The molecular formula is C27H29FN4O4. The first-order valence-corrected chi connectivity index (χ1v) is 11.6. The van der Waals surface area contributed by atoms with Crippen LogP contribution in [0, 0.1) is 0 Å². The highest BCUT2D eigenvalue weighted by Crippen LogP contribution is 2.26. The Labute approximate surface area is 209 Å². The number of allylic oxidation sites excluding steroid dienone is 3. The normalized spacial score (nSPS) is 17.9. The highest BCUT2D eigenvalue weighted by molar-refractivity contribution is 6.04. The summed E-state index contributed by atoms with van der Waals surface area (Å²) in [5, 5.41) is 4.69. The highest BCUT2D eigenvalue weighted by atomic mass is 19.1. The lowest BCUT2D eigenvalue weighted by Crippen LogP contribution is -2.22. The number of amides is 4. The third kappa shape index (κ3) is 5.86. The molecule has 5 rings (SSSR count). The summed E-state index contributed by atoms with van der Waals surface area (Å²) in [7, 11) is 3.40. The summed E-state index contributed by atoms with van der Waals surface area (Å²) in [4.78, 5) is 39.8. The van der Waals surface area contributed by atoms with E-state index in [1.807, 2.05) is 26.0 Å². The van der Waals surface area contributed by atoms with E-state index in [9.17, 15) is 18.8 Å². The smallest absolute Gasteiger partial charge is 0.322 e. The molecule has 1 atom stereocenters. The van der Waals surface area contributed by atoms with E-state index in [-0.39, 0.29) is 11.8 Å². The molecule has 2 aromatic carbocycles. The number of aliphatic imine (C=N–C) groups is 1. The maximum Gasteiger partial charge on any atom is 0.322 e. The molecule has 1 fully saturated rings. The summed E-state index contributed by atoms with van der Waals surface area (Å²) in [5.41, 5.74) is 3.62. The number of urea groups is 1. The van der Waals surface area contributed by atoms with Gasteiger partial charge in [0.2, 0.25) is 0 Å². The molecule has 3 aliphatic heterocycles. The van der Waals surface area contributed by atoms with Gasteiger partial charge in [0.25, 0.3) is 11.8 Å². The molecule has 1 unspecified atom stereocenters. The van der Waals surface area contributed by atoms with E-state index in [4.69, 9.17) is 4.74 Å². The van der Waals surface area contributed by atoms with Gasteiger partial charge in [-0.05, 0) is 28.8 Å². The number of rotatable bonds is 3. The van der Waals surface area contributed by atoms with Gasteiger partial charge in [-0.25, -0.2) is 9.18 Å². The van der Waals surface area contributed by atoms with Crippen molar-refractivity contribution in [2.24, 2.45) is 4.99 Å². The number of benzene rings is 2. The van der Waals surface area contributed by atoms with Crippen molar-refractivity contribution in [2.45, 2.75) is 26.4 Å². The zero-order valence-electron chi connectivity index (χ0n) is 20.7. The molecule has 2 N–H and O–H groups in total. The lowest BCUT2D eigenvalue weighted by molar-refractivity contribution is -0.120. The topological polar surface area (TPSA) is 100 Å². The number of fused-ring (bicyclic) bond motifs is 1. The summed E-state index contributed by atoms with van der Waals surface area (Å²) in [5.74, 6) is 0.0272. The Balaban J connectivity index is 0.000000206. The van der Waals surface area contributed by atoms with Crippen molar-refractivity contribution < 1.29 is 23.5 Å². The molecule has 1 saturated heterocycles. The number of carbonyl (C=O) groups excluding carboxylic acids is 3. The van der Waals surface area contributed by atoms with Crippen LogP contribution in [0.25, 0.3) is 5.57 Å². The zero-order chi connectivity index (χ0) is 26.2. The number of ether oxygens (including phenoxy) is 1. The average molecular weight is 493 g/mol. The Bertz CT molecular complexity index is 1230. The van der Waals surface area contributed by atoms with Crippen molar-refractivity contribution in [3.05, 3.63) is 82.7 Å². The lowest BCUT2D eigenvalue weighted by atomic mass is 10.00. The molecular weight excluding hydrogens is 463 g/mol. The minimum atomic E-state index is -0.698. The first-order valence-electron chi connectivity index (χ1n) is 11.6. The van der Waals surface area contributed by atoms with Crippen LogP contribution in [0.5, 0.6) is 5.75 Å². The van der Waals surface area contributed by atoms with Crippen LogP contribution in [-0.2, 0) is 11.3 Å². The second-order valence-electron chi connectivity index (χ2n) is 7.86. The number of halogens is 1. The van der Waals surface area contributed by atoms with Gasteiger partial charge < -0.3 is 15.0 Å². The van der Waals surface area contributed by atoms with E-state index in [1.54, 1.807) is 61.5 Å². The first kappa shape index (κ1) is 26.3. The van der Waals surface area contributed by atoms with E-state index >= 15 is 0 Å². The molecule has 2 aromatic rings. The minimum Gasteiger partial charge on any atom is -0.497 e. The molecule has 0 bridgehead atoms. The predicted molar refractivity (Wildman–Crippen MR) is 137 cm³/mol. The fraction of sp³-hybridized carbons (Fsp3) is 0.259. The third-order valence-corrected chi connectivity index (χ3v) is 5.59. The van der Waals surface area contributed by atoms with Gasteiger partial charge in [-0.2, -0.15) is 0 Å². The number of nitrogens with one attached hydrogen (secondary N) is 2. The van der Waals surface area contributed by atoms with E-state index in [2.05, 4.69) is 15.6 Å². The molecule has 8 nitrogen and oxygen atoms in total. The molecule has 0 radical (unpaired) electrons. The monoisotopic (exact) mass is 492 g/mol. The van der Waals surface area contributed by atoms with E-state index in [0.717, 1.165) is 16.9 Å². The SMILES string of the molecule is CC.COc1ccc2c(c1)C(=O)N(C)C2.O=C1NC(=O)C(c2ccc(C3=C(F)C=NCC=C3)cc2)N1.